The Bertz CT molecular complexity index is 1290. The number of hydrogen-bond acceptors (Lipinski definition) is 6. The molecule has 0 unspecified atom stereocenters. The monoisotopic (exact) mass is 471 g/mol. The number of aryl methyl sites for hydroxylation is 1. The molecule has 0 saturated carbocycles. The minimum atomic E-state index is -0.443. The molecule has 1 amide bonds. The summed E-state index contributed by atoms with van der Waals surface area (Å²) in [5.41, 5.74) is 7.49. The third-order valence-corrected chi connectivity index (χ3v) is 7.11. The van der Waals surface area contributed by atoms with Crippen LogP contribution < -0.4 is 15.5 Å². The number of fused-ring (bicyclic) bond motifs is 1. The summed E-state index contributed by atoms with van der Waals surface area (Å²) < 4.78 is 7.71. The molecule has 0 spiro atoms. The highest BCUT2D eigenvalue weighted by Gasteiger charge is 2.38. The minimum absolute atomic E-state index is 0.0867. The maximum Gasteiger partial charge on any atom is 0.240 e. The van der Waals surface area contributed by atoms with E-state index in [1.807, 2.05) is 97.4 Å². The molecular weight excluding hydrogens is 446 g/mol. The van der Waals surface area contributed by atoms with Gasteiger partial charge in [-0.15, -0.1) is 10.2 Å². The average molecular weight is 472 g/mol. The largest absolute Gasteiger partial charge is 0.486 e. The molecule has 4 aromatic rings. The van der Waals surface area contributed by atoms with Gasteiger partial charge in [-0.25, -0.2) is 4.68 Å². The van der Waals surface area contributed by atoms with Gasteiger partial charge in [0.1, 0.15) is 17.6 Å². The number of ether oxygens (including phenoxy) is 1. The summed E-state index contributed by atoms with van der Waals surface area (Å²) in [4.78, 5) is 13.5. The van der Waals surface area contributed by atoms with Crippen LogP contribution in [-0.2, 0) is 11.4 Å². The first-order valence-electron chi connectivity index (χ1n) is 11.1. The Morgan fingerprint density at radius 3 is 2.50 bits per heavy atom. The van der Waals surface area contributed by atoms with Gasteiger partial charge in [-0.3, -0.25) is 4.79 Å². The highest BCUT2D eigenvalue weighted by molar-refractivity contribution is 8.00. The molecule has 1 aliphatic heterocycles. The van der Waals surface area contributed by atoms with Crippen LogP contribution in [0.1, 0.15) is 28.6 Å². The van der Waals surface area contributed by atoms with Crippen molar-refractivity contribution in [3.8, 4) is 5.75 Å². The molecule has 2 N–H and O–H groups in total. The van der Waals surface area contributed by atoms with Gasteiger partial charge in [0, 0.05) is 5.69 Å². The molecular formula is C26H25N5O2S. The van der Waals surface area contributed by atoms with E-state index >= 15 is 0 Å². The van der Waals surface area contributed by atoms with Gasteiger partial charge >= 0.3 is 0 Å². The Morgan fingerprint density at radius 1 is 1.00 bits per heavy atom. The SMILES string of the molecule is Cc1cccc(NC(=O)[C@@H]2Sc3nnc(COc4ccccc4)n3N[C@H]2c2ccccc2)c1C. The van der Waals surface area contributed by atoms with Crippen molar-refractivity contribution in [2.75, 3.05) is 10.7 Å². The lowest BCUT2D eigenvalue weighted by atomic mass is 10.0. The first-order valence-corrected chi connectivity index (χ1v) is 12.0. The number of rotatable bonds is 6. The topological polar surface area (TPSA) is 81.1 Å². The predicted octanol–water partition coefficient (Wildman–Crippen LogP) is 4.87. The molecule has 8 heteroatoms. The van der Waals surface area contributed by atoms with E-state index in [2.05, 4.69) is 20.9 Å². The number of nitrogens with one attached hydrogen (secondary N) is 2. The number of carbonyl (C=O) groups is 1. The van der Waals surface area contributed by atoms with Gasteiger partial charge in [0.05, 0.1) is 6.04 Å². The Balaban J connectivity index is 1.42. The first kappa shape index (κ1) is 22.0. The van der Waals surface area contributed by atoms with E-state index in [0.29, 0.717) is 11.0 Å². The molecule has 5 rings (SSSR count). The second-order valence-corrected chi connectivity index (χ2v) is 9.24. The molecule has 0 radical (unpaired) electrons. The van der Waals surface area contributed by atoms with Crippen LogP contribution >= 0.6 is 11.8 Å². The summed E-state index contributed by atoms with van der Waals surface area (Å²) in [6, 6.07) is 25.2. The van der Waals surface area contributed by atoms with Crippen LogP contribution in [0.15, 0.2) is 84.0 Å². The number of para-hydroxylation sites is 1. The third-order valence-electron chi connectivity index (χ3n) is 5.89. The second-order valence-electron chi connectivity index (χ2n) is 8.13. The standard InChI is InChI=1S/C26H25N5O2S/c1-17-10-9-15-21(18(17)2)27-25(32)24-23(19-11-5-3-6-12-19)30-31-22(28-29-26(31)34-24)16-33-20-13-7-4-8-14-20/h3-15,23-24,30H,16H2,1-2H3,(H,27,32)/t23-,24+/m0/s1. The second kappa shape index (κ2) is 9.61. The van der Waals surface area contributed by atoms with Gasteiger partial charge in [-0.2, -0.15) is 0 Å². The summed E-state index contributed by atoms with van der Waals surface area (Å²) in [6.45, 7) is 4.31. The van der Waals surface area contributed by atoms with E-state index in [4.69, 9.17) is 4.74 Å². The van der Waals surface area contributed by atoms with Gasteiger partial charge in [-0.1, -0.05) is 72.4 Å². The van der Waals surface area contributed by atoms with Gasteiger partial charge in [0.15, 0.2) is 5.82 Å². The smallest absolute Gasteiger partial charge is 0.240 e. The van der Waals surface area contributed by atoms with Gasteiger partial charge in [0.2, 0.25) is 11.1 Å². The summed E-state index contributed by atoms with van der Waals surface area (Å²) in [7, 11) is 0. The van der Waals surface area contributed by atoms with Crippen molar-refractivity contribution in [1.29, 1.82) is 0 Å². The lowest BCUT2D eigenvalue weighted by molar-refractivity contribution is -0.116. The molecule has 2 atom stereocenters. The van der Waals surface area contributed by atoms with Crippen molar-refractivity contribution in [2.45, 2.75) is 36.9 Å². The van der Waals surface area contributed by atoms with Crippen molar-refractivity contribution in [2.24, 2.45) is 0 Å². The fraction of sp³-hybridized carbons (Fsp3) is 0.192. The van der Waals surface area contributed by atoms with Crippen LogP contribution in [0.2, 0.25) is 0 Å². The molecule has 2 heterocycles. The van der Waals surface area contributed by atoms with Crippen LogP contribution in [0, 0.1) is 13.8 Å². The number of carbonyl (C=O) groups excluding carboxylic acids is 1. The molecule has 172 valence electrons. The van der Waals surface area contributed by atoms with E-state index in [9.17, 15) is 4.79 Å². The Labute approximate surface area is 202 Å². The number of thioether (sulfide) groups is 1. The third kappa shape index (κ3) is 4.49. The number of aromatic nitrogens is 3. The predicted molar refractivity (Wildman–Crippen MR) is 134 cm³/mol. The van der Waals surface area contributed by atoms with Crippen molar-refractivity contribution < 1.29 is 9.53 Å². The number of amides is 1. The fourth-order valence-electron chi connectivity index (χ4n) is 3.86. The van der Waals surface area contributed by atoms with Crippen molar-refractivity contribution in [3.05, 3.63) is 101 Å². The molecule has 0 bridgehead atoms. The van der Waals surface area contributed by atoms with Gasteiger partial charge < -0.3 is 15.5 Å². The number of anilines is 1. The van der Waals surface area contributed by atoms with Gasteiger partial charge in [0.25, 0.3) is 0 Å². The molecule has 1 aromatic heterocycles. The lowest BCUT2D eigenvalue weighted by Gasteiger charge is -2.33. The highest BCUT2D eigenvalue weighted by atomic mass is 32.2. The zero-order valence-corrected chi connectivity index (χ0v) is 19.8. The van der Waals surface area contributed by atoms with Crippen molar-refractivity contribution >= 4 is 23.4 Å². The van der Waals surface area contributed by atoms with Crippen LogP contribution in [0.4, 0.5) is 5.69 Å². The van der Waals surface area contributed by atoms with Crippen LogP contribution in [-0.4, -0.2) is 26.0 Å². The highest BCUT2D eigenvalue weighted by Crippen LogP contribution is 2.38. The molecule has 0 aliphatic carbocycles. The van der Waals surface area contributed by atoms with E-state index in [0.717, 1.165) is 28.1 Å². The summed E-state index contributed by atoms with van der Waals surface area (Å²) in [5, 5.41) is 11.9. The number of benzene rings is 3. The molecule has 7 nitrogen and oxygen atoms in total. The van der Waals surface area contributed by atoms with Crippen LogP contribution in [0.3, 0.4) is 0 Å². The van der Waals surface area contributed by atoms with Crippen molar-refractivity contribution in [3.63, 3.8) is 0 Å². The van der Waals surface area contributed by atoms with E-state index in [1.165, 1.54) is 11.8 Å². The zero-order valence-electron chi connectivity index (χ0n) is 18.9. The maximum atomic E-state index is 13.5. The average Bonchev–Trinajstić information content (AvgIpc) is 3.28. The fourth-order valence-corrected chi connectivity index (χ4v) is 4.96. The molecule has 1 aliphatic rings. The first-order chi connectivity index (χ1) is 16.6. The van der Waals surface area contributed by atoms with Crippen LogP contribution in [0.25, 0.3) is 0 Å². The van der Waals surface area contributed by atoms with Crippen LogP contribution in [0.5, 0.6) is 5.75 Å². The molecule has 3 aromatic carbocycles. The van der Waals surface area contributed by atoms with E-state index in [1.54, 1.807) is 0 Å². The quantitative estimate of drug-likeness (QED) is 0.418. The normalized spacial score (nSPS) is 16.9. The maximum absolute atomic E-state index is 13.5. The molecule has 34 heavy (non-hydrogen) atoms. The minimum Gasteiger partial charge on any atom is -0.486 e. The lowest BCUT2D eigenvalue weighted by Crippen LogP contribution is -2.41. The zero-order chi connectivity index (χ0) is 23.5. The number of hydrogen-bond donors (Lipinski definition) is 2. The van der Waals surface area contributed by atoms with Gasteiger partial charge in [-0.05, 0) is 48.7 Å². The Kier molecular flexibility index (Phi) is 6.22. The van der Waals surface area contributed by atoms with E-state index in [-0.39, 0.29) is 18.6 Å². The summed E-state index contributed by atoms with van der Waals surface area (Å²) >= 11 is 1.40. The summed E-state index contributed by atoms with van der Waals surface area (Å²) in [5.74, 6) is 1.31. The van der Waals surface area contributed by atoms with Crippen molar-refractivity contribution in [1.82, 2.24) is 14.9 Å². The molecule has 0 saturated heterocycles. The Hall–Kier alpha value is -3.78. The van der Waals surface area contributed by atoms with E-state index < -0.39 is 5.25 Å². The Morgan fingerprint density at radius 2 is 1.74 bits per heavy atom. The molecule has 0 fully saturated rings. The summed E-state index contributed by atoms with van der Waals surface area (Å²) in [6.07, 6.45) is 0. The number of nitrogens with zero attached hydrogens (tertiary/aromatic N) is 3.